The third kappa shape index (κ3) is 11.0. The highest BCUT2D eigenvalue weighted by Crippen LogP contribution is 2.21. The van der Waals surface area contributed by atoms with Gasteiger partial charge in [0.2, 0.25) is 0 Å². The summed E-state index contributed by atoms with van der Waals surface area (Å²) >= 11 is 0. The first-order chi connectivity index (χ1) is 13.5. The fourth-order valence-corrected chi connectivity index (χ4v) is 3.33. The highest BCUT2D eigenvalue weighted by atomic mass is 16.5. The molecule has 1 heterocycles. The van der Waals surface area contributed by atoms with Gasteiger partial charge in [0.05, 0.1) is 18.7 Å². The van der Waals surface area contributed by atoms with Crippen LogP contribution in [0.15, 0.2) is 12.4 Å². The molecule has 0 bridgehead atoms. The van der Waals surface area contributed by atoms with E-state index in [2.05, 4.69) is 29.1 Å². The molecule has 0 aromatic rings. The van der Waals surface area contributed by atoms with E-state index in [0.717, 1.165) is 19.5 Å². The Morgan fingerprint density at radius 3 is 1.86 bits per heavy atom. The van der Waals surface area contributed by atoms with Crippen molar-refractivity contribution in [3.05, 3.63) is 12.4 Å². The lowest BCUT2D eigenvalue weighted by molar-refractivity contribution is -0.154. The number of nitrogens with zero attached hydrogens (tertiary/aromatic N) is 2. The van der Waals surface area contributed by atoms with E-state index in [4.69, 9.17) is 4.74 Å². The first-order valence-electron chi connectivity index (χ1n) is 11.8. The van der Waals surface area contributed by atoms with E-state index in [0.29, 0.717) is 6.61 Å². The molecule has 164 valence electrons. The molecule has 0 N–H and O–H groups in total. The van der Waals surface area contributed by atoms with E-state index in [1.807, 2.05) is 20.8 Å². The Labute approximate surface area is 174 Å². The lowest BCUT2D eigenvalue weighted by Crippen LogP contribution is -2.26. The number of unbranched alkanes of at least 4 members (excludes halogenated alkanes) is 9. The van der Waals surface area contributed by atoms with Gasteiger partial charge in [-0.25, -0.2) is 0 Å². The van der Waals surface area contributed by atoms with Crippen LogP contribution in [0, 0.1) is 5.41 Å². The molecule has 0 saturated heterocycles. The Morgan fingerprint density at radius 2 is 1.32 bits per heavy atom. The number of hydrogen-bond acceptors (Lipinski definition) is 4. The first-order valence-corrected chi connectivity index (χ1v) is 11.8. The van der Waals surface area contributed by atoms with E-state index in [1.54, 1.807) is 0 Å². The number of ether oxygens (including phenoxy) is 1. The zero-order valence-corrected chi connectivity index (χ0v) is 19.2. The van der Waals surface area contributed by atoms with Gasteiger partial charge in [-0.2, -0.15) is 0 Å². The van der Waals surface area contributed by atoms with Gasteiger partial charge >= 0.3 is 5.97 Å². The van der Waals surface area contributed by atoms with E-state index >= 15 is 0 Å². The van der Waals surface area contributed by atoms with Crippen LogP contribution in [0.1, 0.15) is 105 Å². The molecule has 0 aliphatic carbocycles. The van der Waals surface area contributed by atoms with Crippen molar-refractivity contribution in [2.75, 3.05) is 26.4 Å². The zero-order valence-electron chi connectivity index (χ0n) is 19.2. The van der Waals surface area contributed by atoms with E-state index in [1.165, 1.54) is 77.3 Å². The highest BCUT2D eigenvalue weighted by Gasteiger charge is 2.26. The van der Waals surface area contributed by atoms with Crippen molar-refractivity contribution in [2.45, 2.75) is 105 Å². The minimum atomic E-state index is -0.334. The van der Waals surface area contributed by atoms with Crippen LogP contribution in [0.2, 0.25) is 0 Å². The topological polar surface area (TPSA) is 32.8 Å². The Bertz CT molecular complexity index is 434. The lowest BCUT2D eigenvalue weighted by Gasteiger charge is -2.21. The van der Waals surface area contributed by atoms with Crippen LogP contribution >= 0.6 is 0 Å². The van der Waals surface area contributed by atoms with Crippen molar-refractivity contribution in [3.63, 3.8) is 0 Å². The van der Waals surface area contributed by atoms with Gasteiger partial charge in [0.15, 0.2) is 0 Å². The number of hydrogen-bond donors (Lipinski definition) is 0. The minimum Gasteiger partial charge on any atom is -0.465 e. The Balaban J connectivity index is 1.83. The predicted molar refractivity (Wildman–Crippen MR) is 119 cm³/mol. The number of carbonyl (C=O) groups excluding carboxylic acids is 1. The van der Waals surface area contributed by atoms with Crippen molar-refractivity contribution in [1.29, 1.82) is 0 Å². The molecule has 0 amide bonds. The van der Waals surface area contributed by atoms with E-state index in [9.17, 15) is 4.79 Å². The quantitative estimate of drug-likeness (QED) is 0.213. The van der Waals surface area contributed by atoms with Gasteiger partial charge in [-0.3, -0.25) is 4.79 Å². The van der Waals surface area contributed by atoms with E-state index < -0.39 is 0 Å². The Morgan fingerprint density at radius 1 is 0.821 bits per heavy atom. The molecule has 1 rings (SSSR count). The van der Waals surface area contributed by atoms with Gasteiger partial charge < -0.3 is 14.5 Å². The summed E-state index contributed by atoms with van der Waals surface area (Å²) in [7, 11) is 0. The summed E-state index contributed by atoms with van der Waals surface area (Å²) in [5.41, 5.74) is -0.334. The van der Waals surface area contributed by atoms with Crippen LogP contribution in [0.3, 0.4) is 0 Å². The second kappa shape index (κ2) is 14.8. The van der Waals surface area contributed by atoms with Crippen LogP contribution in [0.4, 0.5) is 0 Å². The van der Waals surface area contributed by atoms with Crippen LogP contribution in [0.5, 0.6) is 0 Å². The molecule has 4 heteroatoms. The van der Waals surface area contributed by atoms with Crippen LogP contribution in [0.25, 0.3) is 0 Å². The number of carbonyl (C=O) groups is 1. The van der Waals surface area contributed by atoms with Crippen molar-refractivity contribution < 1.29 is 9.53 Å². The second-order valence-electron chi connectivity index (χ2n) is 8.97. The van der Waals surface area contributed by atoms with Crippen LogP contribution in [-0.4, -0.2) is 42.1 Å². The average Bonchev–Trinajstić information content (AvgIpc) is 3.14. The summed E-state index contributed by atoms with van der Waals surface area (Å²) < 4.78 is 5.39. The normalized spacial score (nSPS) is 14.1. The average molecular weight is 395 g/mol. The fourth-order valence-electron chi connectivity index (χ4n) is 3.33. The maximum Gasteiger partial charge on any atom is 0.311 e. The van der Waals surface area contributed by atoms with Gasteiger partial charge in [-0.15, -0.1) is 0 Å². The van der Waals surface area contributed by atoms with Crippen molar-refractivity contribution in [3.8, 4) is 0 Å². The monoisotopic (exact) mass is 394 g/mol. The summed E-state index contributed by atoms with van der Waals surface area (Å²) in [6, 6.07) is 0. The molecule has 4 nitrogen and oxygen atoms in total. The molecule has 0 radical (unpaired) electrons. The zero-order chi connectivity index (χ0) is 20.7. The molecule has 0 atom stereocenters. The largest absolute Gasteiger partial charge is 0.465 e. The third-order valence-corrected chi connectivity index (χ3v) is 5.91. The molecular formula is C24H46N2O2. The van der Waals surface area contributed by atoms with Crippen LogP contribution in [-0.2, 0) is 9.53 Å². The third-order valence-electron chi connectivity index (χ3n) is 5.91. The minimum absolute atomic E-state index is 0.0481. The van der Waals surface area contributed by atoms with Crippen molar-refractivity contribution in [2.24, 2.45) is 5.41 Å². The Hall–Kier alpha value is -1.19. The molecule has 1 aliphatic rings. The van der Waals surface area contributed by atoms with Crippen LogP contribution < -0.4 is 0 Å². The molecule has 0 unspecified atom stereocenters. The molecule has 0 fully saturated rings. The number of rotatable bonds is 17. The standard InChI is InChI=1S/C24H46N2O2/c1-5-7-17-25-19-20-26(22-25)18-15-13-11-9-8-10-12-14-16-21-28-23(27)24(3,4)6-2/h19-20H,5-18,21-22H2,1-4H3. The summed E-state index contributed by atoms with van der Waals surface area (Å²) in [4.78, 5) is 16.7. The maximum atomic E-state index is 11.9. The van der Waals surface area contributed by atoms with Gasteiger partial charge in [0, 0.05) is 25.5 Å². The SMILES string of the molecule is CCCCN1C=CN(CCCCCCCCCCCOC(=O)C(C)(C)CC)C1. The smallest absolute Gasteiger partial charge is 0.311 e. The predicted octanol–water partition coefficient (Wildman–Crippen LogP) is 6.32. The van der Waals surface area contributed by atoms with Crippen molar-refractivity contribution in [1.82, 2.24) is 9.80 Å². The molecule has 0 aromatic heterocycles. The highest BCUT2D eigenvalue weighted by molar-refractivity contribution is 5.75. The summed E-state index contributed by atoms with van der Waals surface area (Å²) in [6.45, 7) is 12.3. The van der Waals surface area contributed by atoms with Gasteiger partial charge in [-0.1, -0.05) is 65.2 Å². The maximum absolute atomic E-state index is 11.9. The number of esters is 1. The molecule has 1 aliphatic heterocycles. The molecule has 0 saturated carbocycles. The molecule has 28 heavy (non-hydrogen) atoms. The molecule has 0 spiro atoms. The Kier molecular flexibility index (Phi) is 13.1. The van der Waals surface area contributed by atoms with Gasteiger partial charge in [0.1, 0.15) is 0 Å². The van der Waals surface area contributed by atoms with E-state index in [-0.39, 0.29) is 11.4 Å². The van der Waals surface area contributed by atoms with Crippen molar-refractivity contribution >= 4 is 5.97 Å². The lowest BCUT2D eigenvalue weighted by atomic mass is 9.91. The molecular weight excluding hydrogens is 348 g/mol. The second-order valence-corrected chi connectivity index (χ2v) is 8.97. The summed E-state index contributed by atoms with van der Waals surface area (Å²) in [6.07, 6.45) is 19.4. The van der Waals surface area contributed by atoms with Gasteiger partial charge in [0.25, 0.3) is 0 Å². The summed E-state index contributed by atoms with van der Waals surface area (Å²) in [5, 5.41) is 0. The fraction of sp³-hybridized carbons (Fsp3) is 0.875. The summed E-state index contributed by atoms with van der Waals surface area (Å²) in [5.74, 6) is -0.0481. The first kappa shape index (κ1) is 24.8. The molecule has 0 aromatic carbocycles. The van der Waals surface area contributed by atoms with Gasteiger partial charge in [-0.05, 0) is 39.5 Å².